The lowest BCUT2D eigenvalue weighted by Gasteiger charge is -2.39. The van der Waals surface area contributed by atoms with E-state index < -0.39 is 0 Å². The minimum atomic E-state index is 0.361. The van der Waals surface area contributed by atoms with Gasteiger partial charge in [0.2, 0.25) is 0 Å². The average molecular weight is 228 g/mol. The Labute approximate surface area is 101 Å². The Morgan fingerprint density at radius 1 is 1.25 bits per heavy atom. The maximum absolute atomic E-state index is 5.60. The molecule has 16 heavy (non-hydrogen) atoms. The first-order valence-corrected chi connectivity index (χ1v) is 6.69. The number of piperidine rings is 1. The van der Waals surface area contributed by atoms with E-state index in [1.807, 2.05) is 0 Å². The lowest BCUT2D eigenvalue weighted by molar-refractivity contribution is 0.0798. The number of nitrogens with zero attached hydrogens (tertiary/aromatic N) is 1. The molecule has 0 atom stereocenters. The molecule has 0 amide bonds. The first kappa shape index (κ1) is 13.9. The molecule has 0 radical (unpaired) electrons. The molecule has 96 valence electrons. The number of likely N-dealkylation sites (tertiary alicyclic amines) is 1. The summed E-state index contributed by atoms with van der Waals surface area (Å²) in [7, 11) is 2.07. The highest BCUT2D eigenvalue weighted by atomic mass is 16.5. The van der Waals surface area contributed by atoms with Crippen molar-refractivity contribution < 1.29 is 4.74 Å². The molecule has 0 saturated carbocycles. The van der Waals surface area contributed by atoms with Gasteiger partial charge in [-0.2, -0.15) is 0 Å². The van der Waals surface area contributed by atoms with Crippen molar-refractivity contribution in [1.82, 2.24) is 10.2 Å². The summed E-state index contributed by atoms with van der Waals surface area (Å²) >= 11 is 0. The van der Waals surface area contributed by atoms with E-state index in [4.69, 9.17) is 4.74 Å². The van der Waals surface area contributed by atoms with Gasteiger partial charge >= 0.3 is 0 Å². The third kappa shape index (κ3) is 4.81. The standard InChI is InChI=1S/C13H28N2O/c1-4-5-11-16-12-10-15-8-6-13(2,14-3)7-9-15/h14H,4-12H2,1-3H3. The van der Waals surface area contributed by atoms with Crippen molar-refractivity contribution in [2.24, 2.45) is 0 Å². The maximum atomic E-state index is 5.60. The zero-order valence-electron chi connectivity index (χ0n) is 11.2. The van der Waals surface area contributed by atoms with Gasteiger partial charge in [-0.25, -0.2) is 0 Å². The fraction of sp³-hybridized carbons (Fsp3) is 1.00. The van der Waals surface area contributed by atoms with Crippen molar-refractivity contribution >= 4 is 0 Å². The molecule has 0 aliphatic carbocycles. The second-order valence-electron chi connectivity index (χ2n) is 5.12. The minimum absolute atomic E-state index is 0.361. The van der Waals surface area contributed by atoms with E-state index in [0.29, 0.717) is 5.54 Å². The van der Waals surface area contributed by atoms with Crippen LogP contribution in [0.3, 0.4) is 0 Å². The van der Waals surface area contributed by atoms with Gasteiger partial charge in [0.05, 0.1) is 6.61 Å². The summed E-state index contributed by atoms with van der Waals surface area (Å²) in [6, 6.07) is 0. The molecular weight excluding hydrogens is 200 g/mol. The smallest absolute Gasteiger partial charge is 0.0593 e. The fourth-order valence-electron chi connectivity index (χ4n) is 2.06. The quantitative estimate of drug-likeness (QED) is 0.673. The van der Waals surface area contributed by atoms with Crippen LogP contribution in [0, 0.1) is 0 Å². The summed E-state index contributed by atoms with van der Waals surface area (Å²) in [5.41, 5.74) is 0.361. The summed E-state index contributed by atoms with van der Waals surface area (Å²) in [5, 5.41) is 3.43. The van der Waals surface area contributed by atoms with E-state index in [1.54, 1.807) is 0 Å². The van der Waals surface area contributed by atoms with Crippen LogP contribution in [-0.4, -0.2) is 50.3 Å². The first-order valence-electron chi connectivity index (χ1n) is 6.69. The summed E-state index contributed by atoms with van der Waals surface area (Å²) in [6.07, 6.45) is 4.92. The number of nitrogens with one attached hydrogen (secondary N) is 1. The minimum Gasteiger partial charge on any atom is -0.380 e. The van der Waals surface area contributed by atoms with Gasteiger partial charge in [0.25, 0.3) is 0 Å². The molecule has 0 aromatic heterocycles. The molecule has 0 spiro atoms. The second kappa shape index (κ2) is 7.25. The van der Waals surface area contributed by atoms with Crippen LogP contribution in [0.5, 0.6) is 0 Å². The van der Waals surface area contributed by atoms with Crippen LogP contribution >= 0.6 is 0 Å². The van der Waals surface area contributed by atoms with Gasteiger partial charge in [-0.1, -0.05) is 13.3 Å². The molecular formula is C13H28N2O. The average Bonchev–Trinajstić information content (AvgIpc) is 2.31. The molecule has 0 bridgehead atoms. The Hall–Kier alpha value is -0.120. The van der Waals surface area contributed by atoms with Crippen LogP contribution in [0.1, 0.15) is 39.5 Å². The van der Waals surface area contributed by atoms with E-state index >= 15 is 0 Å². The number of hydrogen-bond acceptors (Lipinski definition) is 3. The lowest BCUT2D eigenvalue weighted by atomic mass is 9.90. The fourth-order valence-corrected chi connectivity index (χ4v) is 2.06. The molecule has 1 saturated heterocycles. The zero-order valence-corrected chi connectivity index (χ0v) is 11.2. The number of rotatable bonds is 7. The van der Waals surface area contributed by atoms with E-state index in [1.165, 1.54) is 38.8 Å². The van der Waals surface area contributed by atoms with Crippen molar-refractivity contribution in [2.75, 3.05) is 39.9 Å². The van der Waals surface area contributed by atoms with Gasteiger partial charge in [-0.05, 0) is 46.3 Å². The van der Waals surface area contributed by atoms with E-state index in [-0.39, 0.29) is 0 Å². The highest BCUT2D eigenvalue weighted by Crippen LogP contribution is 2.20. The first-order chi connectivity index (χ1) is 7.70. The van der Waals surface area contributed by atoms with Gasteiger partial charge < -0.3 is 15.0 Å². The van der Waals surface area contributed by atoms with Gasteiger partial charge in [0.15, 0.2) is 0 Å². The molecule has 1 heterocycles. The van der Waals surface area contributed by atoms with E-state index in [9.17, 15) is 0 Å². The van der Waals surface area contributed by atoms with Gasteiger partial charge in [0.1, 0.15) is 0 Å². The Morgan fingerprint density at radius 2 is 1.94 bits per heavy atom. The van der Waals surface area contributed by atoms with Crippen molar-refractivity contribution in [1.29, 1.82) is 0 Å². The largest absolute Gasteiger partial charge is 0.380 e. The number of ether oxygens (including phenoxy) is 1. The Bertz CT molecular complexity index is 177. The predicted octanol–water partition coefficient (Wildman–Crippen LogP) is 1.88. The molecule has 0 aromatic rings. The molecule has 1 aliphatic heterocycles. The van der Waals surface area contributed by atoms with E-state index in [2.05, 4.69) is 31.1 Å². The third-order valence-electron chi connectivity index (χ3n) is 3.76. The maximum Gasteiger partial charge on any atom is 0.0593 e. The summed E-state index contributed by atoms with van der Waals surface area (Å²) in [5.74, 6) is 0. The number of hydrogen-bond donors (Lipinski definition) is 1. The molecule has 1 aliphatic rings. The molecule has 1 fully saturated rings. The third-order valence-corrected chi connectivity index (χ3v) is 3.76. The van der Waals surface area contributed by atoms with E-state index in [0.717, 1.165) is 19.8 Å². The lowest BCUT2D eigenvalue weighted by Crippen LogP contribution is -2.50. The summed E-state index contributed by atoms with van der Waals surface area (Å²) in [6.45, 7) is 9.86. The second-order valence-corrected chi connectivity index (χ2v) is 5.12. The zero-order chi connectivity index (χ0) is 11.9. The van der Waals surface area contributed by atoms with Gasteiger partial charge in [0, 0.05) is 18.7 Å². The summed E-state index contributed by atoms with van der Waals surface area (Å²) < 4.78 is 5.60. The van der Waals surface area contributed by atoms with Crippen molar-refractivity contribution in [3.05, 3.63) is 0 Å². The van der Waals surface area contributed by atoms with Crippen LogP contribution in [0.2, 0.25) is 0 Å². The van der Waals surface area contributed by atoms with Crippen LogP contribution in [0.15, 0.2) is 0 Å². The SMILES string of the molecule is CCCCOCCN1CCC(C)(NC)CC1. The van der Waals surface area contributed by atoms with Crippen molar-refractivity contribution in [3.63, 3.8) is 0 Å². The van der Waals surface area contributed by atoms with Crippen molar-refractivity contribution in [3.8, 4) is 0 Å². The van der Waals surface area contributed by atoms with Crippen LogP contribution < -0.4 is 5.32 Å². The van der Waals surface area contributed by atoms with Gasteiger partial charge in [-0.15, -0.1) is 0 Å². The molecule has 3 nitrogen and oxygen atoms in total. The van der Waals surface area contributed by atoms with Crippen LogP contribution in [0.25, 0.3) is 0 Å². The highest BCUT2D eigenvalue weighted by molar-refractivity contribution is 4.87. The normalized spacial score (nSPS) is 21.2. The number of unbranched alkanes of at least 4 members (excludes halogenated alkanes) is 1. The summed E-state index contributed by atoms with van der Waals surface area (Å²) in [4.78, 5) is 2.52. The Balaban J connectivity index is 2.04. The Morgan fingerprint density at radius 3 is 2.50 bits per heavy atom. The highest BCUT2D eigenvalue weighted by Gasteiger charge is 2.27. The molecule has 3 heteroatoms. The molecule has 0 aromatic carbocycles. The van der Waals surface area contributed by atoms with Crippen molar-refractivity contribution in [2.45, 2.75) is 45.1 Å². The monoisotopic (exact) mass is 228 g/mol. The Kier molecular flexibility index (Phi) is 6.32. The van der Waals surface area contributed by atoms with Gasteiger partial charge in [-0.3, -0.25) is 0 Å². The van der Waals surface area contributed by atoms with Crippen LogP contribution in [-0.2, 0) is 4.74 Å². The molecule has 0 unspecified atom stereocenters. The topological polar surface area (TPSA) is 24.5 Å². The van der Waals surface area contributed by atoms with Crippen LogP contribution in [0.4, 0.5) is 0 Å². The predicted molar refractivity (Wildman–Crippen MR) is 68.9 cm³/mol. The molecule has 1 N–H and O–H groups in total. The molecule has 1 rings (SSSR count).